The first-order valence-corrected chi connectivity index (χ1v) is 8.08. The number of amides is 1. The first-order valence-electron chi connectivity index (χ1n) is 7.27. The van der Waals surface area contributed by atoms with Gasteiger partial charge in [0.05, 0.1) is 18.6 Å². The van der Waals surface area contributed by atoms with Gasteiger partial charge < -0.3 is 15.2 Å². The summed E-state index contributed by atoms with van der Waals surface area (Å²) < 4.78 is 5.36. The van der Waals surface area contributed by atoms with Crippen molar-refractivity contribution in [3.05, 3.63) is 45.8 Å². The second kappa shape index (κ2) is 7.28. The molecule has 0 fully saturated rings. The van der Waals surface area contributed by atoms with Crippen molar-refractivity contribution in [1.29, 1.82) is 0 Å². The Hall–Kier alpha value is -2.34. The average Bonchev–Trinajstić information content (AvgIpc) is 2.76. The largest absolute Gasteiger partial charge is 0.494 e. The number of benzene rings is 1. The van der Waals surface area contributed by atoms with Crippen LogP contribution in [0.3, 0.4) is 0 Å². The monoisotopic (exact) mass is 333 g/mol. The Morgan fingerprint density at radius 1 is 1.22 bits per heavy atom. The van der Waals surface area contributed by atoms with Crippen molar-refractivity contribution in [1.82, 2.24) is 0 Å². The number of aryl methyl sites for hydroxylation is 1. The fraction of sp³-hybridized carbons (Fsp3) is 0.294. The minimum absolute atomic E-state index is 0.174. The van der Waals surface area contributed by atoms with E-state index in [0.717, 1.165) is 16.2 Å². The molecule has 0 saturated heterocycles. The molecule has 0 atom stereocenters. The van der Waals surface area contributed by atoms with Gasteiger partial charge in [-0.2, -0.15) is 0 Å². The van der Waals surface area contributed by atoms with Crippen LogP contribution in [0.25, 0.3) is 0 Å². The molecular formula is C17H19NO4S. The fourth-order valence-electron chi connectivity index (χ4n) is 2.20. The topological polar surface area (TPSA) is 75.6 Å². The smallest absolute Gasteiger partial charge is 0.338 e. The summed E-state index contributed by atoms with van der Waals surface area (Å²) in [5.41, 5.74) is 1.71. The molecule has 23 heavy (non-hydrogen) atoms. The lowest BCUT2D eigenvalue weighted by Crippen LogP contribution is -2.15. The van der Waals surface area contributed by atoms with E-state index in [1.165, 1.54) is 11.3 Å². The van der Waals surface area contributed by atoms with Crippen LogP contribution in [-0.2, 0) is 11.2 Å². The predicted octanol–water partition coefficient (Wildman–Crippen LogP) is 3.64. The summed E-state index contributed by atoms with van der Waals surface area (Å²) in [6.45, 7) is 6.09. The van der Waals surface area contributed by atoms with E-state index >= 15 is 0 Å². The Balaban J connectivity index is 2.08. The summed E-state index contributed by atoms with van der Waals surface area (Å²) in [5.74, 6) is -0.504. The number of rotatable bonds is 6. The van der Waals surface area contributed by atoms with E-state index in [4.69, 9.17) is 4.74 Å². The molecule has 122 valence electrons. The molecule has 0 aliphatic heterocycles. The van der Waals surface area contributed by atoms with Gasteiger partial charge in [0.1, 0.15) is 10.8 Å². The van der Waals surface area contributed by atoms with Gasteiger partial charge in [-0.3, -0.25) is 4.79 Å². The summed E-state index contributed by atoms with van der Waals surface area (Å²) in [4.78, 5) is 24.4. The first-order chi connectivity index (χ1) is 10.9. The van der Waals surface area contributed by atoms with Gasteiger partial charge in [0.25, 0.3) is 0 Å². The van der Waals surface area contributed by atoms with Crippen LogP contribution in [0.5, 0.6) is 5.75 Å². The van der Waals surface area contributed by atoms with Gasteiger partial charge in [0.15, 0.2) is 0 Å². The van der Waals surface area contributed by atoms with Gasteiger partial charge in [0.2, 0.25) is 5.91 Å². The lowest BCUT2D eigenvalue weighted by atomic mass is 10.1. The molecule has 1 aromatic heterocycles. The zero-order valence-electron chi connectivity index (χ0n) is 13.3. The predicted molar refractivity (Wildman–Crippen MR) is 90.7 cm³/mol. The molecule has 0 saturated carbocycles. The van der Waals surface area contributed by atoms with Crippen molar-refractivity contribution in [2.75, 3.05) is 11.9 Å². The molecular weight excluding hydrogens is 314 g/mol. The Morgan fingerprint density at radius 3 is 2.43 bits per heavy atom. The maximum atomic E-state index is 12.2. The Labute approximate surface area is 138 Å². The van der Waals surface area contributed by atoms with Gasteiger partial charge >= 0.3 is 5.97 Å². The number of anilines is 1. The molecule has 2 rings (SSSR count). The lowest BCUT2D eigenvalue weighted by Gasteiger charge is -2.06. The van der Waals surface area contributed by atoms with Crippen molar-refractivity contribution in [3.63, 3.8) is 0 Å². The molecule has 0 bridgehead atoms. The number of carbonyl (C=O) groups excluding carboxylic acids is 1. The number of carboxylic acid groups (broad SMARTS) is 1. The summed E-state index contributed by atoms with van der Waals surface area (Å²) >= 11 is 1.28. The van der Waals surface area contributed by atoms with Crippen LogP contribution in [0, 0.1) is 13.8 Å². The van der Waals surface area contributed by atoms with Crippen molar-refractivity contribution >= 4 is 28.2 Å². The molecule has 6 heteroatoms. The molecule has 1 heterocycles. The standard InChI is InChI=1S/C17H19NO4S/c1-4-22-13-7-5-12(6-8-13)9-14(19)18-16-15(17(20)21)10(2)11(3)23-16/h5-8H,4,9H2,1-3H3,(H,18,19)(H,20,21). The highest BCUT2D eigenvalue weighted by Crippen LogP contribution is 2.32. The molecule has 0 spiro atoms. The van der Waals surface area contributed by atoms with Crippen molar-refractivity contribution in [2.45, 2.75) is 27.2 Å². The maximum absolute atomic E-state index is 12.2. The summed E-state index contributed by atoms with van der Waals surface area (Å²) in [6.07, 6.45) is 0.182. The normalized spacial score (nSPS) is 10.4. The van der Waals surface area contributed by atoms with E-state index in [-0.39, 0.29) is 17.9 Å². The van der Waals surface area contributed by atoms with Crippen LogP contribution in [0.15, 0.2) is 24.3 Å². The number of hydrogen-bond donors (Lipinski definition) is 2. The van der Waals surface area contributed by atoms with Crippen LogP contribution in [0.4, 0.5) is 5.00 Å². The zero-order valence-corrected chi connectivity index (χ0v) is 14.1. The van der Waals surface area contributed by atoms with E-state index in [2.05, 4.69) is 5.32 Å². The number of carbonyl (C=O) groups is 2. The molecule has 0 unspecified atom stereocenters. The molecule has 0 radical (unpaired) electrons. The van der Waals surface area contributed by atoms with Crippen molar-refractivity contribution in [2.24, 2.45) is 0 Å². The highest BCUT2D eigenvalue weighted by Gasteiger charge is 2.20. The van der Waals surface area contributed by atoms with Crippen LogP contribution in [0.2, 0.25) is 0 Å². The molecule has 1 amide bonds. The average molecular weight is 333 g/mol. The van der Waals surface area contributed by atoms with Gasteiger partial charge in [-0.05, 0) is 44.0 Å². The molecule has 1 aromatic carbocycles. The minimum atomic E-state index is -1.02. The Morgan fingerprint density at radius 2 is 1.87 bits per heavy atom. The number of carboxylic acids is 1. The second-order valence-corrected chi connectivity index (χ2v) is 6.32. The number of aromatic carboxylic acids is 1. The van der Waals surface area contributed by atoms with Gasteiger partial charge in [-0.1, -0.05) is 12.1 Å². The summed E-state index contributed by atoms with van der Waals surface area (Å²) in [6, 6.07) is 7.28. The molecule has 2 N–H and O–H groups in total. The Bertz CT molecular complexity index is 719. The van der Waals surface area contributed by atoms with E-state index in [1.54, 1.807) is 6.92 Å². The summed E-state index contributed by atoms with van der Waals surface area (Å²) in [7, 11) is 0. The molecule has 0 aliphatic carbocycles. The maximum Gasteiger partial charge on any atom is 0.338 e. The zero-order chi connectivity index (χ0) is 17.0. The third kappa shape index (κ3) is 4.10. The number of thiophene rings is 1. The fourth-order valence-corrected chi connectivity index (χ4v) is 3.27. The second-order valence-electron chi connectivity index (χ2n) is 5.09. The SMILES string of the molecule is CCOc1ccc(CC(=O)Nc2sc(C)c(C)c2C(=O)O)cc1. The number of ether oxygens (including phenoxy) is 1. The van der Waals surface area contributed by atoms with Crippen LogP contribution < -0.4 is 10.1 Å². The lowest BCUT2D eigenvalue weighted by molar-refractivity contribution is -0.115. The molecule has 0 aliphatic rings. The van der Waals surface area contributed by atoms with E-state index in [9.17, 15) is 14.7 Å². The minimum Gasteiger partial charge on any atom is -0.494 e. The van der Waals surface area contributed by atoms with Crippen molar-refractivity contribution in [3.8, 4) is 5.75 Å². The van der Waals surface area contributed by atoms with E-state index in [0.29, 0.717) is 17.2 Å². The Kier molecular flexibility index (Phi) is 5.39. The summed E-state index contributed by atoms with van der Waals surface area (Å²) in [5, 5.41) is 12.4. The highest BCUT2D eigenvalue weighted by atomic mass is 32.1. The number of nitrogens with one attached hydrogen (secondary N) is 1. The van der Waals surface area contributed by atoms with E-state index < -0.39 is 5.97 Å². The van der Waals surface area contributed by atoms with Crippen LogP contribution in [0.1, 0.15) is 33.3 Å². The molecule has 5 nitrogen and oxygen atoms in total. The number of hydrogen-bond acceptors (Lipinski definition) is 4. The third-order valence-electron chi connectivity index (χ3n) is 3.45. The van der Waals surface area contributed by atoms with Gasteiger partial charge in [-0.25, -0.2) is 4.79 Å². The van der Waals surface area contributed by atoms with E-state index in [1.807, 2.05) is 38.1 Å². The quantitative estimate of drug-likeness (QED) is 0.846. The highest BCUT2D eigenvalue weighted by molar-refractivity contribution is 7.16. The van der Waals surface area contributed by atoms with Crippen LogP contribution >= 0.6 is 11.3 Å². The molecule has 2 aromatic rings. The first kappa shape index (κ1) is 17.0. The van der Waals surface area contributed by atoms with Gasteiger partial charge in [0, 0.05) is 4.88 Å². The third-order valence-corrected chi connectivity index (χ3v) is 4.57. The van der Waals surface area contributed by atoms with Crippen molar-refractivity contribution < 1.29 is 19.4 Å². The van der Waals surface area contributed by atoms with Crippen LogP contribution in [-0.4, -0.2) is 23.6 Å². The van der Waals surface area contributed by atoms with Gasteiger partial charge in [-0.15, -0.1) is 11.3 Å².